The third-order valence-corrected chi connectivity index (χ3v) is 4.83. The summed E-state index contributed by atoms with van der Waals surface area (Å²) in [6.07, 6.45) is -0.770. The van der Waals surface area contributed by atoms with Crippen LogP contribution in [0.2, 0.25) is 0 Å². The van der Waals surface area contributed by atoms with Gasteiger partial charge in [0.05, 0.1) is 17.7 Å². The molecule has 7 heteroatoms. The minimum absolute atomic E-state index is 0.0819. The lowest BCUT2D eigenvalue weighted by molar-refractivity contribution is -0.384. The first kappa shape index (κ1) is 18.5. The van der Waals surface area contributed by atoms with Gasteiger partial charge in [0.25, 0.3) is 11.6 Å². The molecule has 146 valence electrons. The van der Waals surface area contributed by atoms with Crippen molar-refractivity contribution in [3.05, 3.63) is 94.5 Å². The number of methoxy groups -OCH3 is 1. The van der Waals surface area contributed by atoms with Crippen LogP contribution in [0.1, 0.15) is 11.6 Å². The number of nitro groups is 1. The van der Waals surface area contributed by atoms with Crippen LogP contribution in [-0.2, 0) is 4.79 Å². The van der Waals surface area contributed by atoms with E-state index < -0.39 is 17.1 Å². The molecule has 0 radical (unpaired) electrons. The van der Waals surface area contributed by atoms with Crippen LogP contribution in [0.15, 0.2) is 78.9 Å². The maximum atomic E-state index is 13.0. The average molecular weight is 390 g/mol. The summed E-state index contributed by atoms with van der Waals surface area (Å²) in [5.74, 6) is 0.914. The molecule has 0 unspecified atom stereocenters. The number of carbonyl (C=O) groups is 1. The Labute approximate surface area is 167 Å². The zero-order valence-corrected chi connectivity index (χ0v) is 15.6. The standard InChI is InChI=1S/C22H18N2O5/c1-28-19-13-6-5-12-18(19)20-21(29-17-10-3-2-4-11-17)22(25)23(20)15-8-7-9-16(14-15)24(26)27/h2-14,20-21H,1H3/t20-,21-/m1/s1. The first-order valence-corrected chi connectivity index (χ1v) is 9.02. The van der Waals surface area contributed by atoms with Gasteiger partial charge in [-0.2, -0.15) is 0 Å². The Hall–Kier alpha value is -3.87. The van der Waals surface area contributed by atoms with Crippen molar-refractivity contribution in [3.8, 4) is 11.5 Å². The molecule has 1 aliphatic rings. The maximum Gasteiger partial charge on any atom is 0.271 e. The zero-order valence-electron chi connectivity index (χ0n) is 15.6. The molecule has 3 aromatic rings. The predicted molar refractivity (Wildman–Crippen MR) is 107 cm³/mol. The molecule has 1 saturated heterocycles. The fraction of sp³-hybridized carbons (Fsp3) is 0.136. The van der Waals surface area contributed by atoms with Crippen molar-refractivity contribution in [1.29, 1.82) is 0 Å². The normalized spacial score (nSPS) is 18.1. The Balaban J connectivity index is 1.75. The Morgan fingerprint density at radius 3 is 2.41 bits per heavy atom. The van der Waals surface area contributed by atoms with Crippen molar-refractivity contribution >= 4 is 17.3 Å². The summed E-state index contributed by atoms with van der Waals surface area (Å²) in [4.78, 5) is 25.2. The average Bonchev–Trinajstić information content (AvgIpc) is 2.76. The Bertz CT molecular complexity index is 1050. The molecule has 0 aromatic heterocycles. The van der Waals surface area contributed by atoms with Gasteiger partial charge < -0.3 is 9.47 Å². The Morgan fingerprint density at radius 2 is 1.69 bits per heavy atom. The minimum atomic E-state index is -0.770. The highest BCUT2D eigenvalue weighted by molar-refractivity contribution is 6.05. The van der Waals surface area contributed by atoms with Crippen LogP contribution in [-0.4, -0.2) is 24.0 Å². The number of β-lactam (4-membered cyclic amide) rings is 1. The summed E-state index contributed by atoms with van der Waals surface area (Å²) in [5.41, 5.74) is 1.12. The molecule has 1 fully saturated rings. The second kappa shape index (κ2) is 7.63. The number of nitrogens with zero attached hydrogens (tertiary/aromatic N) is 2. The molecule has 0 saturated carbocycles. The van der Waals surface area contributed by atoms with Gasteiger partial charge in [-0.25, -0.2) is 0 Å². The van der Waals surface area contributed by atoms with Crippen LogP contribution >= 0.6 is 0 Å². The molecule has 0 aliphatic carbocycles. The number of rotatable bonds is 6. The van der Waals surface area contributed by atoms with Gasteiger partial charge in [0.2, 0.25) is 6.10 Å². The minimum Gasteiger partial charge on any atom is -0.496 e. The number of non-ortho nitro benzene ring substituents is 1. The van der Waals surface area contributed by atoms with E-state index in [1.165, 1.54) is 17.0 Å². The van der Waals surface area contributed by atoms with Crippen LogP contribution in [0.3, 0.4) is 0 Å². The van der Waals surface area contributed by atoms with Gasteiger partial charge in [-0.15, -0.1) is 0 Å². The van der Waals surface area contributed by atoms with Crippen molar-refractivity contribution in [3.63, 3.8) is 0 Å². The van der Waals surface area contributed by atoms with Crippen LogP contribution in [0.25, 0.3) is 0 Å². The fourth-order valence-electron chi connectivity index (χ4n) is 3.48. The van der Waals surface area contributed by atoms with Crippen LogP contribution in [0, 0.1) is 10.1 Å². The highest BCUT2D eigenvalue weighted by Crippen LogP contribution is 2.44. The number of ether oxygens (including phenoxy) is 2. The van der Waals surface area contributed by atoms with Gasteiger partial charge >= 0.3 is 0 Å². The monoisotopic (exact) mass is 390 g/mol. The largest absolute Gasteiger partial charge is 0.496 e. The van der Waals surface area contributed by atoms with Gasteiger partial charge in [-0.3, -0.25) is 19.8 Å². The van der Waals surface area contributed by atoms with E-state index in [1.807, 2.05) is 42.5 Å². The molecule has 0 bridgehead atoms. The van der Waals surface area contributed by atoms with E-state index in [4.69, 9.17) is 9.47 Å². The first-order chi connectivity index (χ1) is 14.1. The van der Waals surface area contributed by atoms with E-state index >= 15 is 0 Å². The molecule has 29 heavy (non-hydrogen) atoms. The van der Waals surface area contributed by atoms with E-state index in [-0.39, 0.29) is 11.6 Å². The zero-order chi connectivity index (χ0) is 20.4. The Morgan fingerprint density at radius 1 is 0.966 bits per heavy atom. The highest BCUT2D eigenvalue weighted by Gasteiger charge is 2.52. The number of nitro benzene ring substituents is 1. The number of carbonyl (C=O) groups excluding carboxylic acids is 1. The van der Waals surface area contributed by atoms with Crippen LogP contribution < -0.4 is 14.4 Å². The fourth-order valence-corrected chi connectivity index (χ4v) is 3.48. The van der Waals surface area contributed by atoms with Crippen molar-refractivity contribution in [2.75, 3.05) is 12.0 Å². The molecular formula is C22H18N2O5. The number of anilines is 1. The molecule has 4 rings (SSSR count). The van der Waals surface area contributed by atoms with E-state index in [1.54, 1.807) is 31.4 Å². The second-order valence-corrected chi connectivity index (χ2v) is 6.52. The van der Waals surface area contributed by atoms with Crippen molar-refractivity contribution < 1.29 is 19.2 Å². The van der Waals surface area contributed by atoms with Crippen molar-refractivity contribution in [2.45, 2.75) is 12.1 Å². The lowest BCUT2D eigenvalue weighted by atomic mass is 9.89. The van der Waals surface area contributed by atoms with E-state index in [9.17, 15) is 14.9 Å². The summed E-state index contributed by atoms with van der Waals surface area (Å²) < 4.78 is 11.5. The van der Waals surface area contributed by atoms with Gasteiger partial charge in [0.1, 0.15) is 17.5 Å². The molecule has 0 spiro atoms. The van der Waals surface area contributed by atoms with Crippen LogP contribution in [0.5, 0.6) is 11.5 Å². The van der Waals surface area contributed by atoms with E-state index in [0.717, 1.165) is 5.56 Å². The van der Waals surface area contributed by atoms with Crippen molar-refractivity contribution in [2.24, 2.45) is 0 Å². The van der Waals surface area contributed by atoms with Crippen LogP contribution in [0.4, 0.5) is 11.4 Å². The van der Waals surface area contributed by atoms with Gasteiger partial charge in [-0.05, 0) is 24.3 Å². The van der Waals surface area contributed by atoms with Crippen molar-refractivity contribution in [1.82, 2.24) is 0 Å². The summed E-state index contributed by atoms with van der Waals surface area (Å²) in [6, 6.07) is 22.0. The molecule has 1 amide bonds. The predicted octanol–water partition coefficient (Wildman–Crippen LogP) is 4.14. The van der Waals surface area contributed by atoms with E-state index in [0.29, 0.717) is 17.2 Å². The lowest BCUT2D eigenvalue weighted by Crippen LogP contribution is -2.61. The highest BCUT2D eigenvalue weighted by atomic mass is 16.6. The molecule has 1 heterocycles. The number of benzene rings is 3. The van der Waals surface area contributed by atoms with Gasteiger partial charge in [0, 0.05) is 17.7 Å². The third kappa shape index (κ3) is 3.38. The number of amides is 1. The topological polar surface area (TPSA) is 81.9 Å². The van der Waals surface area contributed by atoms with Gasteiger partial charge in [0.15, 0.2) is 0 Å². The molecule has 7 nitrogen and oxygen atoms in total. The molecule has 0 N–H and O–H groups in total. The summed E-state index contributed by atoms with van der Waals surface area (Å²) >= 11 is 0. The smallest absolute Gasteiger partial charge is 0.271 e. The first-order valence-electron chi connectivity index (χ1n) is 9.02. The molecule has 3 aromatic carbocycles. The lowest BCUT2D eigenvalue weighted by Gasteiger charge is -2.46. The van der Waals surface area contributed by atoms with Gasteiger partial charge in [-0.1, -0.05) is 42.5 Å². The molecule has 1 aliphatic heterocycles. The summed E-state index contributed by atoms with van der Waals surface area (Å²) in [6.45, 7) is 0. The molecule has 2 atom stereocenters. The Kier molecular flexibility index (Phi) is 4.87. The number of hydrogen-bond acceptors (Lipinski definition) is 5. The molecular weight excluding hydrogens is 372 g/mol. The third-order valence-electron chi connectivity index (χ3n) is 4.83. The summed E-state index contributed by atoms with van der Waals surface area (Å²) in [5, 5.41) is 11.2. The maximum absolute atomic E-state index is 13.0. The SMILES string of the molecule is COc1ccccc1[C@@H]1[C@@H](Oc2ccccc2)C(=O)N1c1cccc([N+](=O)[O-])c1. The second-order valence-electron chi connectivity index (χ2n) is 6.52. The number of hydrogen-bond donors (Lipinski definition) is 0. The number of para-hydroxylation sites is 2. The van der Waals surface area contributed by atoms with E-state index in [2.05, 4.69) is 0 Å². The quantitative estimate of drug-likeness (QED) is 0.359. The summed E-state index contributed by atoms with van der Waals surface area (Å²) in [7, 11) is 1.56.